The molecule has 0 saturated carbocycles. The van der Waals surface area contributed by atoms with Crippen molar-refractivity contribution >= 4 is 17.5 Å². The highest BCUT2D eigenvalue weighted by Crippen LogP contribution is 2.34. The second kappa shape index (κ2) is 12.3. The fraction of sp³-hybridized carbons (Fsp3) is 0.310. The Bertz CT molecular complexity index is 1450. The van der Waals surface area contributed by atoms with Crippen LogP contribution in [0.4, 0.5) is 18.9 Å². The van der Waals surface area contributed by atoms with Crippen molar-refractivity contribution in [2.45, 2.75) is 26.1 Å². The average molecular weight is 551 g/mol. The summed E-state index contributed by atoms with van der Waals surface area (Å²) in [5, 5.41) is 2.58. The van der Waals surface area contributed by atoms with Crippen LogP contribution in [0.2, 0.25) is 0 Å². The molecule has 0 aliphatic carbocycles. The Kier molecular flexibility index (Phi) is 8.82. The van der Waals surface area contributed by atoms with E-state index >= 15 is 0 Å². The molecule has 8 nitrogen and oxygen atoms in total. The highest BCUT2D eigenvalue weighted by molar-refractivity contribution is 6.04. The van der Waals surface area contributed by atoms with Gasteiger partial charge in [0.25, 0.3) is 5.91 Å². The number of hydrogen-bond donors (Lipinski definition) is 2. The van der Waals surface area contributed by atoms with Crippen molar-refractivity contribution in [3.05, 3.63) is 88.0 Å². The molecule has 0 atom stereocenters. The summed E-state index contributed by atoms with van der Waals surface area (Å²) in [6, 6.07) is 8.77. The van der Waals surface area contributed by atoms with Gasteiger partial charge in [0.2, 0.25) is 5.91 Å². The number of rotatable bonds is 6. The minimum Gasteiger partial charge on any atom is -0.369 e. The van der Waals surface area contributed by atoms with Gasteiger partial charge in [0, 0.05) is 49.5 Å². The smallest absolute Gasteiger partial charge is 0.369 e. The van der Waals surface area contributed by atoms with Gasteiger partial charge in [-0.25, -0.2) is 4.98 Å². The number of nitrogens with one attached hydrogen (secondary N) is 1. The maximum atomic E-state index is 13.9. The molecule has 1 fully saturated rings. The van der Waals surface area contributed by atoms with Gasteiger partial charge in [0.15, 0.2) is 0 Å². The van der Waals surface area contributed by atoms with Crippen LogP contribution in [0.3, 0.4) is 0 Å². The number of nitrogens with zero attached hydrogens (tertiary/aromatic N) is 4. The fourth-order valence-electron chi connectivity index (χ4n) is 4.22. The first-order valence-electron chi connectivity index (χ1n) is 12.6. The number of carbonyl (C=O) groups excluding carboxylic acids is 2. The molecular weight excluding hydrogens is 521 g/mol. The van der Waals surface area contributed by atoms with Crippen molar-refractivity contribution in [1.82, 2.24) is 19.8 Å². The molecule has 4 rings (SSSR count). The molecule has 3 aromatic rings. The first kappa shape index (κ1) is 28.7. The molecule has 0 spiro atoms. The Morgan fingerprint density at radius 2 is 1.77 bits per heavy atom. The Balaban J connectivity index is 1.50. The summed E-state index contributed by atoms with van der Waals surface area (Å²) in [5.74, 6) is 4.73. The van der Waals surface area contributed by atoms with Crippen molar-refractivity contribution < 1.29 is 22.8 Å². The third-order valence-electron chi connectivity index (χ3n) is 6.55. The summed E-state index contributed by atoms with van der Waals surface area (Å²) in [7, 11) is 1.99. The van der Waals surface area contributed by atoms with Crippen LogP contribution < -0.4 is 11.1 Å². The number of carbonyl (C=O) groups is 2. The van der Waals surface area contributed by atoms with Crippen LogP contribution >= 0.6 is 0 Å². The van der Waals surface area contributed by atoms with Crippen molar-refractivity contribution in [1.29, 1.82) is 0 Å². The molecule has 11 heteroatoms. The second-order valence-electron chi connectivity index (χ2n) is 9.72. The van der Waals surface area contributed by atoms with Crippen LogP contribution in [-0.2, 0) is 23.9 Å². The molecule has 208 valence electrons. The van der Waals surface area contributed by atoms with Crippen LogP contribution in [0.15, 0.2) is 48.8 Å². The maximum absolute atomic E-state index is 13.9. The van der Waals surface area contributed by atoms with Crippen molar-refractivity contribution in [3.63, 3.8) is 0 Å². The standard InChI is InChI=1S/C29H29F3N6O2/c1-19-3-4-21(13-20(19)5-8-24-16-35-25(17-34-24)15-27(33)39)28(40)36-23-7-6-22(26(14-23)29(30,31)32)18-38-11-9-37(2)10-12-38/h3-4,6-7,13-14,16-17H,9-12,15,18H2,1-2H3,(H2,33,39)(H,36,40). The molecular formula is C29H29F3N6O2. The molecule has 0 radical (unpaired) electrons. The number of aryl methyl sites for hydroxylation is 1. The van der Waals surface area contributed by atoms with Crippen LogP contribution in [0.1, 0.15) is 44.0 Å². The Hall–Kier alpha value is -4.27. The number of primary amides is 1. The zero-order valence-electron chi connectivity index (χ0n) is 22.2. The van der Waals surface area contributed by atoms with Gasteiger partial charge in [0.05, 0.1) is 30.1 Å². The number of anilines is 1. The lowest BCUT2D eigenvalue weighted by atomic mass is 10.0. The van der Waals surface area contributed by atoms with Gasteiger partial charge < -0.3 is 16.0 Å². The minimum absolute atomic E-state index is 0.0274. The fourth-order valence-corrected chi connectivity index (χ4v) is 4.22. The van der Waals surface area contributed by atoms with E-state index in [9.17, 15) is 22.8 Å². The van der Waals surface area contributed by atoms with E-state index in [0.29, 0.717) is 30.0 Å². The topological polar surface area (TPSA) is 104 Å². The van der Waals surface area contributed by atoms with Crippen LogP contribution in [-0.4, -0.2) is 64.8 Å². The van der Waals surface area contributed by atoms with E-state index in [4.69, 9.17) is 5.73 Å². The van der Waals surface area contributed by atoms with E-state index in [0.717, 1.165) is 24.7 Å². The maximum Gasteiger partial charge on any atom is 0.416 e. The SMILES string of the molecule is Cc1ccc(C(=O)Nc2ccc(CN3CCN(C)CC3)c(C(F)(F)F)c2)cc1C#Cc1cnc(CC(N)=O)cn1. The van der Waals surface area contributed by atoms with E-state index in [1.165, 1.54) is 24.5 Å². The van der Waals surface area contributed by atoms with Crippen LogP contribution in [0.5, 0.6) is 0 Å². The molecule has 1 aromatic heterocycles. The lowest BCUT2D eigenvalue weighted by Gasteiger charge is -2.33. The molecule has 0 bridgehead atoms. The number of likely N-dealkylation sites (N-methyl/N-ethyl adjacent to an activating group) is 1. The Labute approximate surface area is 230 Å². The molecule has 2 aromatic carbocycles. The number of halogens is 3. The predicted molar refractivity (Wildman–Crippen MR) is 144 cm³/mol. The molecule has 1 aliphatic rings. The molecule has 40 heavy (non-hydrogen) atoms. The molecule has 3 N–H and O–H groups in total. The highest BCUT2D eigenvalue weighted by Gasteiger charge is 2.34. The van der Waals surface area contributed by atoms with Crippen molar-refractivity contribution in [2.24, 2.45) is 5.73 Å². The van der Waals surface area contributed by atoms with E-state index < -0.39 is 23.6 Å². The van der Waals surface area contributed by atoms with Gasteiger partial charge in [-0.15, -0.1) is 0 Å². The van der Waals surface area contributed by atoms with Gasteiger partial charge in [-0.1, -0.05) is 18.1 Å². The lowest BCUT2D eigenvalue weighted by Crippen LogP contribution is -2.44. The predicted octanol–water partition coefficient (Wildman–Crippen LogP) is 3.23. The molecule has 1 saturated heterocycles. The minimum atomic E-state index is -4.56. The largest absolute Gasteiger partial charge is 0.416 e. The normalized spacial score (nSPS) is 14.3. The molecule has 1 aliphatic heterocycles. The van der Waals surface area contributed by atoms with Crippen LogP contribution in [0, 0.1) is 18.8 Å². The zero-order chi connectivity index (χ0) is 28.9. The van der Waals surface area contributed by atoms with E-state index in [-0.39, 0.29) is 29.8 Å². The van der Waals surface area contributed by atoms with Crippen molar-refractivity contribution in [2.75, 3.05) is 38.5 Å². The quantitative estimate of drug-likeness (QED) is 0.457. The van der Waals surface area contributed by atoms with Gasteiger partial charge in [-0.3, -0.25) is 19.5 Å². The molecule has 0 unspecified atom stereocenters. The first-order valence-corrected chi connectivity index (χ1v) is 12.6. The van der Waals surface area contributed by atoms with E-state index in [2.05, 4.69) is 32.0 Å². The summed E-state index contributed by atoms with van der Waals surface area (Å²) < 4.78 is 41.8. The number of benzene rings is 2. The number of hydrogen-bond acceptors (Lipinski definition) is 6. The highest BCUT2D eigenvalue weighted by atomic mass is 19.4. The summed E-state index contributed by atoms with van der Waals surface area (Å²) in [6.45, 7) is 5.00. The van der Waals surface area contributed by atoms with Crippen molar-refractivity contribution in [3.8, 4) is 11.8 Å². The number of alkyl halides is 3. The summed E-state index contributed by atoms with van der Waals surface area (Å²) in [5.41, 5.74) is 7.00. The third kappa shape index (κ3) is 7.65. The average Bonchev–Trinajstić information content (AvgIpc) is 2.90. The van der Waals surface area contributed by atoms with E-state index in [1.54, 1.807) is 18.2 Å². The number of aromatic nitrogens is 2. The van der Waals surface area contributed by atoms with Gasteiger partial charge in [0.1, 0.15) is 5.69 Å². The van der Waals surface area contributed by atoms with Gasteiger partial charge in [-0.05, 0) is 55.3 Å². The summed E-state index contributed by atoms with van der Waals surface area (Å²) >= 11 is 0. The zero-order valence-corrected chi connectivity index (χ0v) is 22.2. The van der Waals surface area contributed by atoms with E-state index in [1.807, 2.05) is 18.9 Å². The van der Waals surface area contributed by atoms with Gasteiger partial charge in [-0.2, -0.15) is 13.2 Å². The molecule has 2 heterocycles. The molecule has 2 amide bonds. The second-order valence-corrected chi connectivity index (χ2v) is 9.72. The third-order valence-corrected chi connectivity index (χ3v) is 6.55. The Morgan fingerprint density at radius 3 is 2.42 bits per heavy atom. The van der Waals surface area contributed by atoms with Gasteiger partial charge >= 0.3 is 6.18 Å². The summed E-state index contributed by atoms with van der Waals surface area (Å²) in [6.07, 6.45) is -1.75. The first-order chi connectivity index (χ1) is 19.0. The monoisotopic (exact) mass is 550 g/mol. The number of amides is 2. The number of nitrogens with two attached hydrogens (primary N) is 1. The summed E-state index contributed by atoms with van der Waals surface area (Å²) in [4.78, 5) is 36.3. The Morgan fingerprint density at radius 1 is 1.02 bits per heavy atom. The lowest BCUT2D eigenvalue weighted by molar-refractivity contribution is -0.138. The van der Waals surface area contributed by atoms with Crippen LogP contribution in [0.25, 0.3) is 0 Å². The number of piperazine rings is 1.